The molecule has 1 aliphatic rings. The molecular formula is C21H18N2O3. The van der Waals surface area contributed by atoms with Crippen molar-refractivity contribution in [2.75, 3.05) is 7.11 Å². The predicted molar refractivity (Wildman–Crippen MR) is 97.2 cm³/mol. The molecule has 2 N–H and O–H groups in total. The lowest BCUT2D eigenvalue weighted by Gasteiger charge is -2.26. The SMILES string of the molecule is COC(=O)C1=C(C)OC(N)=C(C#N)[C@H]1c1ccc(-c2ccccc2)cc1. The largest absolute Gasteiger partial charge is 0.466 e. The van der Waals surface area contributed by atoms with E-state index >= 15 is 0 Å². The number of nitriles is 1. The molecule has 130 valence electrons. The minimum atomic E-state index is -0.619. The third kappa shape index (κ3) is 3.05. The molecule has 2 aromatic rings. The topological polar surface area (TPSA) is 85.3 Å². The number of methoxy groups -OCH3 is 1. The van der Waals surface area contributed by atoms with Gasteiger partial charge >= 0.3 is 5.97 Å². The van der Waals surface area contributed by atoms with Gasteiger partial charge in [0, 0.05) is 0 Å². The molecule has 26 heavy (non-hydrogen) atoms. The number of benzene rings is 2. The maximum Gasteiger partial charge on any atom is 0.338 e. The van der Waals surface area contributed by atoms with Crippen molar-refractivity contribution in [3.05, 3.63) is 82.9 Å². The summed E-state index contributed by atoms with van der Waals surface area (Å²) in [6, 6.07) is 19.7. The highest BCUT2D eigenvalue weighted by molar-refractivity contribution is 5.92. The van der Waals surface area contributed by atoms with E-state index < -0.39 is 11.9 Å². The van der Waals surface area contributed by atoms with Crippen molar-refractivity contribution in [2.45, 2.75) is 12.8 Å². The van der Waals surface area contributed by atoms with Crippen LogP contribution in [0.5, 0.6) is 0 Å². The van der Waals surface area contributed by atoms with Gasteiger partial charge in [-0.25, -0.2) is 4.79 Å². The van der Waals surface area contributed by atoms with E-state index in [1.165, 1.54) is 7.11 Å². The molecule has 0 aliphatic carbocycles. The van der Waals surface area contributed by atoms with E-state index in [2.05, 4.69) is 6.07 Å². The van der Waals surface area contributed by atoms with Crippen LogP contribution in [0.3, 0.4) is 0 Å². The van der Waals surface area contributed by atoms with Crippen molar-refractivity contribution >= 4 is 5.97 Å². The van der Waals surface area contributed by atoms with E-state index in [0.717, 1.165) is 16.7 Å². The lowest BCUT2D eigenvalue weighted by atomic mass is 9.82. The summed E-state index contributed by atoms with van der Waals surface area (Å²) >= 11 is 0. The van der Waals surface area contributed by atoms with Crippen molar-refractivity contribution in [1.82, 2.24) is 0 Å². The highest BCUT2D eigenvalue weighted by Crippen LogP contribution is 2.39. The molecule has 0 bridgehead atoms. The molecule has 5 nitrogen and oxygen atoms in total. The normalized spacial score (nSPS) is 16.7. The second kappa shape index (κ2) is 7.16. The summed E-state index contributed by atoms with van der Waals surface area (Å²) < 4.78 is 10.3. The van der Waals surface area contributed by atoms with Gasteiger partial charge in [-0.15, -0.1) is 0 Å². The first kappa shape index (κ1) is 17.3. The summed E-state index contributed by atoms with van der Waals surface area (Å²) in [7, 11) is 1.30. The van der Waals surface area contributed by atoms with Gasteiger partial charge in [0.05, 0.1) is 18.6 Å². The second-order valence-electron chi connectivity index (χ2n) is 5.87. The first-order valence-corrected chi connectivity index (χ1v) is 8.09. The van der Waals surface area contributed by atoms with E-state index in [0.29, 0.717) is 5.76 Å². The number of nitrogens with two attached hydrogens (primary N) is 1. The zero-order chi connectivity index (χ0) is 18.7. The molecule has 0 fully saturated rings. The number of nitrogens with zero attached hydrogens (tertiary/aromatic N) is 1. The van der Waals surface area contributed by atoms with E-state index in [1.54, 1.807) is 6.92 Å². The number of allylic oxidation sites excluding steroid dienone is 2. The summed E-state index contributed by atoms with van der Waals surface area (Å²) in [5.41, 5.74) is 9.26. The number of carbonyl (C=O) groups excluding carboxylic acids is 1. The van der Waals surface area contributed by atoms with E-state index in [4.69, 9.17) is 15.2 Å². The summed E-state index contributed by atoms with van der Waals surface area (Å²) in [5, 5.41) is 9.54. The molecule has 3 rings (SSSR count). The van der Waals surface area contributed by atoms with Crippen molar-refractivity contribution < 1.29 is 14.3 Å². The van der Waals surface area contributed by atoms with Crippen molar-refractivity contribution in [3.63, 3.8) is 0 Å². The molecule has 0 spiro atoms. The van der Waals surface area contributed by atoms with Gasteiger partial charge in [-0.2, -0.15) is 5.26 Å². The van der Waals surface area contributed by atoms with Crippen LogP contribution in [0.25, 0.3) is 11.1 Å². The number of rotatable bonds is 3. The fourth-order valence-corrected chi connectivity index (χ4v) is 3.09. The maximum atomic E-state index is 12.3. The van der Waals surface area contributed by atoms with Crippen LogP contribution in [-0.2, 0) is 14.3 Å². The molecule has 0 amide bonds. The molecule has 0 unspecified atom stereocenters. The van der Waals surface area contributed by atoms with Crippen LogP contribution in [0.1, 0.15) is 18.4 Å². The highest BCUT2D eigenvalue weighted by atomic mass is 16.5. The monoisotopic (exact) mass is 346 g/mol. The Morgan fingerprint density at radius 2 is 1.73 bits per heavy atom. The summed E-state index contributed by atoms with van der Waals surface area (Å²) in [5.74, 6) is -0.814. The number of carbonyl (C=O) groups is 1. The van der Waals surface area contributed by atoms with Crippen molar-refractivity contribution in [3.8, 4) is 17.2 Å². The molecule has 0 aromatic heterocycles. The Morgan fingerprint density at radius 1 is 1.12 bits per heavy atom. The van der Waals surface area contributed by atoms with E-state index in [1.807, 2.05) is 54.6 Å². The minimum absolute atomic E-state index is 0.00906. The summed E-state index contributed by atoms with van der Waals surface area (Å²) in [6.45, 7) is 1.64. The quantitative estimate of drug-likeness (QED) is 0.858. The molecule has 0 radical (unpaired) electrons. The Labute approximate surface area is 152 Å². The lowest BCUT2D eigenvalue weighted by molar-refractivity contribution is -0.136. The van der Waals surface area contributed by atoms with Gasteiger partial charge in [0.2, 0.25) is 5.88 Å². The van der Waals surface area contributed by atoms with Gasteiger partial charge in [0.25, 0.3) is 0 Å². The highest BCUT2D eigenvalue weighted by Gasteiger charge is 2.35. The van der Waals surface area contributed by atoms with Gasteiger partial charge in [-0.1, -0.05) is 54.6 Å². The van der Waals surface area contributed by atoms with Crippen molar-refractivity contribution in [1.29, 1.82) is 5.26 Å². The van der Waals surface area contributed by atoms with Crippen LogP contribution in [-0.4, -0.2) is 13.1 Å². The fourth-order valence-electron chi connectivity index (χ4n) is 3.09. The molecule has 1 atom stereocenters. The van der Waals surface area contributed by atoms with E-state index in [9.17, 15) is 10.1 Å². The first-order chi connectivity index (χ1) is 12.6. The van der Waals surface area contributed by atoms with Crippen LogP contribution in [0, 0.1) is 11.3 Å². The van der Waals surface area contributed by atoms with Gasteiger partial charge in [0.15, 0.2) is 0 Å². The van der Waals surface area contributed by atoms with Crippen LogP contribution < -0.4 is 5.73 Å². The Morgan fingerprint density at radius 3 is 2.31 bits per heavy atom. The van der Waals surface area contributed by atoms with E-state index in [-0.39, 0.29) is 17.0 Å². The zero-order valence-electron chi connectivity index (χ0n) is 14.5. The third-order valence-corrected chi connectivity index (χ3v) is 4.36. The lowest BCUT2D eigenvalue weighted by Crippen LogP contribution is -2.25. The molecule has 2 aromatic carbocycles. The van der Waals surface area contributed by atoms with Gasteiger partial charge < -0.3 is 15.2 Å². The Hall–Kier alpha value is -3.52. The first-order valence-electron chi connectivity index (χ1n) is 8.09. The number of hydrogen-bond donors (Lipinski definition) is 1. The minimum Gasteiger partial charge on any atom is -0.466 e. The Kier molecular flexibility index (Phi) is 4.76. The Balaban J connectivity index is 2.07. The van der Waals surface area contributed by atoms with Crippen LogP contribution >= 0.6 is 0 Å². The molecule has 0 saturated carbocycles. The average Bonchev–Trinajstić information content (AvgIpc) is 2.68. The van der Waals surface area contributed by atoms with Gasteiger partial charge in [-0.05, 0) is 23.6 Å². The van der Waals surface area contributed by atoms with Gasteiger partial charge in [-0.3, -0.25) is 0 Å². The van der Waals surface area contributed by atoms with Crippen molar-refractivity contribution in [2.24, 2.45) is 5.73 Å². The molecular weight excluding hydrogens is 328 g/mol. The molecule has 1 aliphatic heterocycles. The summed E-state index contributed by atoms with van der Waals surface area (Å²) in [6.07, 6.45) is 0. The van der Waals surface area contributed by atoms with Crippen LogP contribution in [0.4, 0.5) is 0 Å². The smallest absolute Gasteiger partial charge is 0.338 e. The zero-order valence-corrected chi connectivity index (χ0v) is 14.5. The number of esters is 1. The maximum absolute atomic E-state index is 12.3. The van der Waals surface area contributed by atoms with Crippen LogP contribution in [0.2, 0.25) is 0 Å². The predicted octanol–water partition coefficient (Wildman–Crippen LogP) is 3.61. The van der Waals surface area contributed by atoms with Gasteiger partial charge in [0.1, 0.15) is 17.4 Å². The molecule has 1 heterocycles. The average molecular weight is 346 g/mol. The third-order valence-electron chi connectivity index (χ3n) is 4.36. The number of ether oxygens (including phenoxy) is 2. The second-order valence-corrected chi connectivity index (χ2v) is 5.87. The number of hydrogen-bond acceptors (Lipinski definition) is 5. The summed E-state index contributed by atoms with van der Waals surface area (Å²) in [4.78, 5) is 12.3. The molecule has 5 heteroatoms. The van der Waals surface area contributed by atoms with Crippen LogP contribution in [0.15, 0.2) is 77.4 Å². The Bertz CT molecular complexity index is 935. The fraction of sp³-hybridized carbons (Fsp3) is 0.143. The standard InChI is InChI=1S/C21H18N2O3/c1-13-18(21(24)25-2)19(17(12-22)20(23)26-13)16-10-8-15(9-11-16)14-6-4-3-5-7-14/h3-11,19H,23H2,1-2H3/t19-/m1/s1. The molecule has 0 saturated heterocycles.